The molecule has 9 nitrogen and oxygen atoms in total. The first-order valence-electron chi connectivity index (χ1n) is 9.66. The van der Waals surface area contributed by atoms with E-state index in [9.17, 15) is 13.6 Å². The molecule has 32 heavy (non-hydrogen) atoms. The number of halogens is 2. The van der Waals surface area contributed by atoms with Crippen LogP contribution in [0, 0.1) is 11.6 Å². The number of nitrogens with two attached hydrogens (primary N) is 1. The van der Waals surface area contributed by atoms with Crippen molar-refractivity contribution >= 4 is 11.7 Å². The zero-order valence-electron chi connectivity index (χ0n) is 17.0. The molecule has 1 aromatic carbocycles. The third-order valence-corrected chi connectivity index (χ3v) is 4.83. The van der Waals surface area contributed by atoms with Gasteiger partial charge < -0.3 is 10.6 Å². The van der Waals surface area contributed by atoms with Crippen molar-refractivity contribution in [2.45, 2.75) is 13.5 Å². The fourth-order valence-corrected chi connectivity index (χ4v) is 3.16. The first-order chi connectivity index (χ1) is 15.5. The second kappa shape index (κ2) is 8.84. The van der Waals surface area contributed by atoms with Gasteiger partial charge in [-0.1, -0.05) is 6.07 Å². The van der Waals surface area contributed by atoms with Gasteiger partial charge in [0.1, 0.15) is 11.5 Å². The van der Waals surface area contributed by atoms with Gasteiger partial charge in [0, 0.05) is 31.7 Å². The largest absolute Gasteiger partial charge is 0.383 e. The maximum Gasteiger partial charge on any atom is 0.255 e. The third kappa shape index (κ3) is 4.00. The lowest BCUT2D eigenvalue weighted by Crippen LogP contribution is -2.30. The molecule has 0 aliphatic carbocycles. The number of nitrogens with zero attached hydrogens (tertiary/aromatic N) is 7. The number of carbonyl (C=O) groups is 1. The smallest absolute Gasteiger partial charge is 0.255 e. The van der Waals surface area contributed by atoms with Gasteiger partial charge in [-0.3, -0.25) is 9.78 Å². The summed E-state index contributed by atoms with van der Waals surface area (Å²) in [5.41, 5.74) is 7.19. The Bertz CT molecular complexity index is 1260. The summed E-state index contributed by atoms with van der Waals surface area (Å²) in [6, 6.07) is 8.78. The Morgan fingerprint density at radius 3 is 2.72 bits per heavy atom. The molecule has 0 unspecified atom stereocenters. The van der Waals surface area contributed by atoms with Crippen LogP contribution >= 0.6 is 0 Å². The van der Waals surface area contributed by atoms with Crippen molar-refractivity contribution in [1.82, 2.24) is 35.1 Å². The summed E-state index contributed by atoms with van der Waals surface area (Å²) in [6.07, 6.45) is 4.66. The summed E-state index contributed by atoms with van der Waals surface area (Å²) >= 11 is 0. The van der Waals surface area contributed by atoms with Crippen LogP contribution in [0.4, 0.5) is 14.6 Å². The molecule has 0 saturated carbocycles. The van der Waals surface area contributed by atoms with Crippen molar-refractivity contribution in [3.05, 3.63) is 77.8 Å². The van der Waals surface area contributed by atoms with Gasteiger partial charge in [-0.15, -0.1) is 5.10 Å². The summed E-state index contributed by atoms with van der Waals surface area (Å²) < 4.78 is 29.0. The maximum absolute atomic E-state index is 14.3. The molecule has 11 heteroatoms. The number of pyridine rings is 2. The maximum atomic E-state index is 14.3. The van der Waals surface area contributed by atoms with Gasteiger partial charge in [0.05, 0.1) is 11.1 Å². The number of anilines is 1. The van der Waals surface area contributed by atoms with Crippen molar-refractivity contribution in [3.63, 3.8) is 0 Å². The first kappa shape index (κ1) is 21.0. The van der Waals surface area contributed by atoms with Crippen LogP contribution in [-0.2, 0) is 6.54 Å². The molecule has 1 amide bonds. The predicted molar refractivity (Wildman–Crippen MR) is 111 cm³/mol. The quantitative estimate of drug-likeness (QED) is 0.494. The fourth-order valence-electron chi connectivity index (χ4n) is 3.16. The van der Waals surface area contributed by atoms with Crippen LogP contribution in [0.15, 0.2) is 55.0 Å². The van der Waals surface area contributed by atoms with Gasteiger partial charge in [0.25, 0.3) is 5.91 Å². The molecule has 2 N–H and O–H groups in total. The molecular weight excluding hydrogens is 418 g/mol. The second-order valence-corrected chi connectivity index (χ2v) is 6.82. The molecule has 0 aliphatic rings. The van der Waals surface area contributed by atoms with Gasteiger partial charge in [0.15, 0.2) is 17.5 Å². The number of rotatable bonds is 6. The Morgan fingerprint density at radius 1 is 1.19 bits per heavy atom. The lowest BCUT2D eigenvalue weighted by atomic mass is 10.1. The summed E-state index contributed by atoms with van der Waals surface area (Å²) in [6.45, 7) is 2.69. The molecule has 0 atom stereocenters. The Labute approximate surface area is 181 Å². The van der Waals surface area contributed by atoms with E-state index in [4.69, 9.17) is 5.73 Å². The number of tetrazole rings is 1. The standard InChI is InChI=1S/C21H18F2N8O/c1-2-30(12-13-6-8-25-9-7-13)21(32)14-10-15(19(24)26-11-14)20-27-28-29-31(20)17-5-3-4-16(22)18(17)23/h3-11H,2,12H2,1H3,(H2,24,26). The highest BCUT2D eigenvalue weighted by molar-refractivity contribution is 5.95. The summed E-state index contributed by atoms with van der Waals surface area (Å²) in [5.74, 6) is -2.39. The minimum absolute atomic E-state index is 0.0198. The normalized spacial score (nSPS) is 10.8. The van der Waals surface area contributed by atoms with Crippen molar-refractivity contribution in [2.24, 2.45) is 0 Å². The average molecular weight is 436 g/mol. The number of nitrogen functional groups attached to an aromatic ring is 1. The van der Waals surface area contributed by atoms with Crippen LogP contribution in [0.5, 0.6) is 0 Å². The highest BCUT2D eigenvalue weighted by atomic mass is 19.2. The van der Waals surface area contributed by atoms with Crippen molar-refractivity contribution in [3.8, 4) is 17.1 Å². The highest BCUT2D eigenvalue weighted by Crippen LogP contribution is 2.27. The topological polar surface area (TPSA) is 116 Å². The minimum Gasteiger partial charge on any atom is -0.383 e. The van der Waals surface area contributed by atoms with Crippen LogP contribution in [0.1, 0.15) is 22.8 Å². The van der Waals surface area contributed by atoms with Crippen molar-refractivity contribution in [1.29, 1.82) is 0 Å². The van der Waals surface area contributed by atoms with E-state index in [0.717, 1.165) is 16.3 Å². The molecule has 0 saturated heterocycles. The van der Waals surface area contributed by atoms with Crippen molar-refractivity contribution < 1.29 is 13.6 Å². The number of aromatic nitrogens is 6. The van der Waals surface area contributed by atoms with Gasteiger partial charge >= 0.3 is 0 Å². The Morgan fingerprint density at radius 2 is 1.97 bits per heavy atom. The number of hydrogen-bond donors (Lipinski definition) is 1. The zero-order valence-corrected chi connectivity index (χ0v) is 17.0. The van der Waals surface area contributed by atoms with Crippen LogP contribution < -0.4 is 5.73 Å². The van der Waals surface area contributed by atoms with E-state index >= 15 is 0 Å². The van der Waals surface area contributed by atoms with E-state index < -0.39 is 11.6 Å². The molecule has 162 valence electrons. The SMILES string of the molecule is CCN(Cc1ccncc1)C(=O)c1cnc(N)c(-c2nnnn2-c2cccc(F)c2F)c1. The number of benzene rings is 1. The molecule has 4 aromatic rings. The summed E-state index contributed by atoms with van der Waals surface area (Å²) in [7, 11) is 0. The molecule has 0 bridgehead atoms. The second-order valence-electron chi connectivity index (χ2n) is 6.82. The van der Waals surface area contributed by atoms with Crippen LogP contribution in [0.3, 0.4) is 0 Å². The molecule has 3 heterocycles. The first-order valence-corrected chi connectivity index (χ1v) is 9.66. The van der Waals surface area contributed by atoms with Crippen molar-refractivity contribution in [2.75, 3.05) is 12.3 Å². The highest BCUT2D eigenvalue weighted by Gasteiger charge is 2.22. The molecule has 0 fully saturated rings. The number of carbonyl (C=O) groups excluding carboxylic acids is 1. The monoisotopic (exact) mass is 436 g/mol. The van der Waals surface area contributed by atoms with Crippen LogP contribution in [0.25, 0.3) is 17.1 Å². The van der Waals surface area contributed by atoms with Gasteiger partial charge in [-0.05, 0) is 53.2 Å². The Kier molecular flexibility index (Phi) is 5.79. The third-order valence-electron chi connectivity index (χ3n) is 4.83. The molecule has 0 spiro atoms. The minimum atomic E-state index is -1.12. The molecular formula is C21H18F2N8O. The number of hydrogen-bond acceptors (Lipinski definition) is 7. The van der Waals surface area contributed by atoms with E-state index in [2.05, 4.69) is 25.5 Å². The predicted octanol–water partition coefficient (Wildman–Crippen LogP) is 2.64. The lowest BCUT2D eigenvalue weighted by Gasteiger charge is -2.21. The lowest BCUT2D eigenvalue weighted by molar-refractivity contribution is 0.0752. The van der Waals surface area contributed by atoms with E-state index in [1.807, 2.05) is 19.1 Å². The Hall–Kier alpha value is -4.28. The van der Waals surface area contributed by atoms with Gasteiger partial charge in [-0.2, -0.15) is 4.68 Å². The molecule has 0 aliphatic heterocycles. The van der Waals surface area contributed by atoms with E-state index in [0.29, 0.717) is 13.1 Å². The van der Waals surface area contributed by atoms with Crippen LogP contribution in [0.2, 0.25) is 0 Å². The molecule has 0 radical (unpaired) electrons. The van der Waals surface area contributed by atoms with Gasteiger partial charge in [0.2, 0.25) is 0 Å². The van der Waals surface area contributed by atoms with Gasteiger partial charge in [-0.25, -0.2) is 13.8 Å². The van der Waals surface area contributed by atoms with E-state index in [1.54, 1.807) is 17.3 Å². The van der Waals surface area contributed by atoms with Crippen LogP contribution in [-0.4, -0.2) is 47.5 Å². The zero-order chi connectivity index (χ0) is 22.7. The number of amides is 1. The summed E-state index contributed by atoms with van der Waals surface area (Å²) in [4.78, 5) is 22.8. The average Bonchev–Trinajstić information content (AvgIpc) is 3.29. The molecule has 3 aromatic heterocycles. The Balaban J connectivity index is 1.71. The summed E-state index contributed by atoms with van der Waals surface area (Å²) in [5, 5.41) is 11.2. The van der Waals surface area contributed by atoms with E-state index in [1.165, 1.54) is 24.4 Å². The molecule has 4 rings (SSSR count). The van der Waals surface area contributed by atoms with E-state index in [-0.39, 0.29) is 34.4 Å². The fraction of sp³-hybridized carbons (Fsp3) is 0.143.